The molecule has 2 aromatic rings. The van der Waals surface area contributed by atoms with Crippen LogP contribution >= 0.6 is 0 Å². The Morgan fingerprint density at radius 2 is 1.74 bits per heavy atom. The zero-order chi connectivity index (χ0) is 16.8. The Hall–Kier alpha value is -2.96. The quantitative estimate of drug-likeness (QED) is 0.681. The number of hydrogen-bond acceptors (Lipinski definition) is 4. The minimum Gasteiger partial charge on any atom is -0.493 e. The summed E-state index contributed by atoms with van der Waals surface area (Å²) in [5.74, 6) is -1.24. The van der Waals surface area contributed by atoms with Crippen molar-refractivity contribution in [1.29, 1.82) is 0 Å². The number of methoxy groups -OCH3 is 2. The normalized spacial score (nSPS) is 10.6. The summed E-state index contributed by atoms with van der Waals surface area (Å²) in [6.07, 6.45) is 0.906. The Bertz CT molecular complexity index is 728. The molecule has 2 rings (SSSR count). The van der Waals surface area contributed by atoms with Crippen LogP contribution < -0.4 is 14.9 Å². The summed E-state index contributed by atoms with van der Waals surface area (Å²) in [4.78, 5) is 12.0. The number of amides is 1. The maximum atomic E-state index is 13.4. The van der Waals surface area contributed by atoms with Gasteiger partial charge in [0, 0.05) is 5.56 Å². The first-order valence-electron chi connectivity index (χ1n) is 6.56. The van der Waals surface area contributed by atoms with E-state index in [0.29, 0.717) is 11.5 Å². The lowest BCUT2D eigenvalue weighted by molar-refractivity contribution is 0.0954. The molecule has 0 spiro atoms. The van der Waals surface area contributed by atoms with Gasteiger partial charge in [0.15, 0.2) is 11.5 Å². The number of carbonyl (C=O) groups excluding carboxylic acids is 1. The molecule has 0 bridgehead atoms. The SMILES string of the molecule is COc1ccc(C(=O)NN=Cc2c(F)cccc2F)cc1OC. The molecule has 0 aliphatic carbocycles. The number of hydrazone groups is 1. The number of carbonyl (C=O) groups is 1. The van der Waals surface area contributed by atoms with E-state index in [4.69, 9.17) is 9.47 Å². The van der Waals surface area contributed by atoms with Gasteiger partial charge in [-0.05, 0) is 30.3 Å². The predicted octanol–water partition coefficient (Wildman–Crippen LogP) is 2.75. The van der Waals surface area contributed by atoms with Gasteiger partial charge in [-0.15, -0.1) is 0 Å². The number of nitrogens with one attached hydrogen (secondary N) is 1. The first-order chi connectivity index (χ1) is 11.1. The molecule has 0 aliphatic heterocycles. The first-order valence-corrected chi connectivity index (χ1v) is 6.56. The van der Waals surface area contributed by atoms with Crippen LogP contribution in [0.15, 0.2) is 41.5 Å². The average molecular weight is 320 g/mol. The molecular formula is C16H14F2N2O3. The molecule has 0 aromatic heterocycles. The summed E-state index contributed by atoms with van der Waals surface area (Å²) >= 11 is 0. The molecule has 0 aliphatic rings. The third kappa shape index (κ3) is 3.82. The van der Waals surface area contributed by atoms with Gasteiger partial charge >= 0.3 is 0 Å². The van der Waals surface area contributed by atoms with E-state index in [0.717, 1.165) is 18.3 Å². The topological polar surface area (TPSA) is 59.9 Å². The number of hydrogen-bond donors (Lipinski definition) is 1. The highest BCUT2D eigenvalue weighted by molar-refractivity contribution is 5.95. The van der Waals surface area contributed by atoms with Crippen molar-refractivity contribution < 1.29 is 23.0 Å². The van der Waals surface area contributed by atoms with Gasteiger partial charge in [0.05, 0.1) is 26.0 Å². The van der Waals surface area contributed by atoms with E-state index in [1.54, 1.807) is 6.07 Å². The lowest BCUT2D eigenvalue weighted by Crippen LogP contribution is -2.18. The van der Waals surface area contributed by atoms with Gasteiger partial charge in [-0.3, -0.25) is 4.79 Å². The van der Waals surface area contributed by atoms with E-state index in [-0.39, 0.29) is 11.1 Å². The lowest BCUT2D eigenvalue weighted by Gasteiger charge is -2.08. The fraction of sp³-hybridized carbons (Fsp3) is 0.125. The lowest BCUT2D eigenvalue weighted by atomic mass is 10.2. The van der Waals surface area contributed by atoms with E-state index in [1.807, 2.05) is 0 Å². The maximum absolute atomic E-state index is 13.4. The molecule has 2 aromatic carbocycles. The van der Waals surface area contributed by atoms with Crippen LogP contribution in [0.2, 0.25) is 0 Å². The highest BCUT2D eigenvalue weighted by Gasteiger charge is 2.10. The molecule has 1 amide bonds. The van der Waals surface area contributed by atoms with E-state index in [9.17, 15) is 13.6 Å². The summed E-state index contributed by atoms with van der Waals surface area (Å²) < 4.78 is 37.0. The summed E-state index contributed by atoms with van der Waals surface area (Å²) in [5.41, 5.74) is 2.12. The third-order valence-corrected chi connectivity index (χ3v) is 3.01. The van der Waals surface area contributed by atoms with Crippen molar-refractivity contribution in [2.24, 2.45) is 5.10 Å². The number of halogens is 2. The van der Waals surface area contributed by atoms with Crippen molar-refractivity contribution in [1.82, 2.24) is 5.43 Å². The monoisotopic (exact) mass is 320 g/mol. The van der Waals surface area contributed by atoms with Crippen molar-refractivity contribution >= 4 is 12.1 Å². The Balaban J connectivity index is 2.12. The smallest absolute Gasteiger partial charge is 0.271 e. The molecule has 0 fully saturated rings. The largest absolute Gasteiger partial charge is 0.493 e. The second-order valence-electron chi connectivity index (χ2n) is 4.40. The van der Waals surface area contributed by atoms with Crippen molar-refractivity contribution in [3.63, 3.8) is 0 Å². The van der Waals surface area contributed by atoms with E-state index in [2.05, 4.69) is 10.5 Å². The Kier molecular flexibility index (Phi) is 5.24. The van der Waals surface area contributed by atoms with Crippen LogP contribution in [0.25, 0.3) is 0 Å². The molecule has 0 unspecified atom stereocenters. The van der Waals surface area contributed by atoms with Gasteiger partial charge in [0.2, 0.25) is 0 Å². The molecule has 0 heterocycles. The Labute approximate surface area is 131 Å². The van der Waals surface area contributed by atoms with Crippen LogP contribution in [0, 0.1) is 11.6 Å². The Morgan fingerprint density at radius 3 is 2.35 bits per heavy atom. The zero-order valence-corrected chi connectivity index (χ0v) is 12.5. The molecule has 1 N–H and O–H groups in total. The van der Waals surface area contributed by atoms with Crippen LogP contribution in [0.1, 0.15) is 15.9 Å². The van der Waals surface area contributed by atoms with Crippen LogP contribution in [0.5, 0.6) is 11.5 Å². The van der Waals surface area contributed by atoms with Crippen molar-refractivity contribution in [3.8, 4) is 11.5 Å². The number of ether oxygens (including phenoxy) is 2. The average Bonchev–Trinajstić information content (AvgIpc) is 2.56. The predicted molar refractivity (Wildman–Crippen MR) is 81.0 cm³/mol. The molecule has 7 heteroatoms. The fourth-order valence-corrected chi connectivity index (χ4v) is 1.83. The van der Waals surface area contributed by atoms with E-state index in [1.165, 1.54) is 32.4 Å². The molecule has 23 heavy (non-hydrogen) atoms. The molecule has 5 nitrogen and oxygen atoms in total. The third-order valence-electron chi connectivity index (χ3n) is 3.01. The summed E-state index contributed by atoms with van der Waals surface area (Å²) in [6.45, 7) is 0. The van der Waals surface area contributed by atoms with Gasteiger partial charge in [0.25, 0.3) is 5.91 Å². The second-order valence-corrected chi connectivity index (χ2v) is 4.40. The highest BCUT2D eigenvalue weighted by atomic mass is 19.1. The second kappa shape index (κ2) is 7.35. The van der Waals surface area contributed by atoms with Crippen LogP contribution in [0.4, 0.5) is 8.78 Å². The van der Waals surface area contributed by atoms with E-state index < -0.39 is 17.5 Å². The minimum atomic E-state index is -0.769. The summed E-state index contributed by atoms with van der Waals surface area (Å²) in [7, 11) is 2.92. The minimum absolute atomic E-state index is 0.258. The standard InChI is InChI=1S/C16H14F2N2O3/c1-22-14-7-6-10(8-15(14)23-2)16(21)20-19-9-11-12(17)4-3-5-13(11)18/h3-9H,1-2H3,(H,20,21). The summed E-state index contributed by atoms with van der Waals surface area (Å²) in [6, 6.07) is 7.97. The van der Waals surface area contributed by atoms with Crippen molar-refractivity contribution in [3.05, 3.63) is 59.2 Å². The van der Waals surface area contributed by atoms with Gasteiger partial charge in [-0.2, -0.15) is 5.10 Å². The molecular weight excluding hydrogens is 306 g/mol. The molecule has 120 valence electrons. The maximum Gasteiger partial charge on any atom is 0.271 e. The van der Waals surface area contributed by atoms with Crippen LogP contribution in [-0.4, -0.2) is 26.3 Å². The Morgan fingerprint density at radius 1 is 1.09 bits per heavy atom. The molecule has 0 saturated carbocycles. The van der Waals surface area contributed by atoms with Crippen LogP contribution in [-0.2, 0) is 0 Å². The first kappa shape index (κ1) is 16.4. The van der Waals surface area contributed by atoms with E-state index >= 15 is 0 Å². The van der Waals surface area contributed by atoms with Crippen molar-refractivity contribution in [2.75, 3.05) is 14.2 Å². The number of nitrogens with zero attached hydrogens (tertiary/aromatic N) is 1. The fourth-order valence-electron chi connectivity index (χ4n) is 1.83. The molecule has 0 atom stereocenters. The summed E-state index contributed by atoms with van der Waals surface area (Å²) in [5, 5.41) is 3.56. The number of rotatable bonds is 5. The van der Waals surface area contributed by atoms with Gasteiger partial charge in [-0.1, -0.05) is 6.07 Å². The van der Waals surface area contributed by atoms with Gasteiger partial charge < -0.3 is 9.47 Å². The van der Waals surface area contributed by atoms with Crippen molar-refractivity contribution in [2.45, 2.75) is 0 Å². The van der Waals surface area contributed by atoms with Gasteiger partial charge in [-0.25, -0.2) is 14.2 Å². The van der Waals surface area contributed by atoms with Gasteiger partial charge in [0.1, 0.15) is 11.6 Å². The zero-order valence-electron chi connectivity index (χ0n) is 12.5. The molecule has 0 radical (unpaired) electrons. The molecule has 0 saturated heterocycles. The number of benzene rings is 2. The highest BCUT2D eigenvalue weighted by Crippen LogP contribution is 2.27. The van der Waals surface area contributed by atoms with Crippen LogP contribution in [0.3, 0.4) is 0 Å².